The minimum absolute atomic E-state index is 0.00680. The zero-order valence-corrected chi connectivity index (χ0v) is 15.3. The van der Waals surface area contributed by atoms with E-state index in [-0.39, 0.29) is 24.3 Å². The summed E-state index contributed by atoms with van der Waals surface area (Å²) in [5.41, 5.74) is 0. The average molecular weight is 361 g/mol. The number of hydrogen-bond acceptors (Lipinski definition) is 6. The Hall–Kier alpha value is -1.19. The summed E-state index contributed by atoms with van der Waals surface area (Å²) >= 11 is 0. The molecular weight excluding hydrogens is 334 g/mol. The molecule has 0 bridgehead atoms. The largest absolute Gasteiger partial charge is 0.466 e. The lowest BCUT2D eigenvalue weighted by atomic mass is 9.98. The summed E-state index contributed by atoms with van der Waals surface area (Å²) in [6.45, 7) is 5.30. The Kier molecular flexibility index (Phi) is 6.59. The Labute approximate surface area is 143 Å². The summed E-state index contributed by atoms with van der Waals surface area (Å²) in [5.74, 6) is -0.349. The zero-order valence-electron chi connectivity index (χ0n) is 14.4. The highest BCUT2D eigenvalue weighted by atomic mass is 32.2. The van der Waals surface area contributed by atoms with E-state index in [4.69, 9.17) is 4.74 Å². The number of carbonyl (C=O) groups is 2. The number of likely N-dealkylation sites (tertiary alicyclic amines) is 1. The lowest BCUT2D eigenvalue weighted by Crippen LogP contribution is -2.53. The Balaban J connectivity index is 1.81. The van der Waals surface area contributed by atoms with E-state index in [2.05, 4.69) is 0 Å². The highest BCUT2D eigenvalue weighted by Crippen LogP contribution is 2.18. The summed E-state index contributed by atoms with van der Waals surface area (Å²) < 4.78 is 29.5. The van der Waals surface area contributed by atoms with Crippen molar-refractivity contribution in [3.05, 3.63) is 0 Å². The lowest BCUT2D eigenvalue weighted by molar-refractivity contribution is -0.150. The van der Waals surface area contributed by atoms with Crippen LogP contribution in [0.4, 0.5) is 0 Å². The minimum Gasteiger partial charge on any atom is -0.466 e. The van der Waals surface area contributed by atoms with Gasteiger partial charge < -0.3 is 9.64 Å². The molecule has 2 saturated heterocycles. The molecule has 8 nitrogen and oxygen atoms in total. The monoisotopic (exact) mass is 361 g/mol. The van der Waals surface area contributed by atoms with Crippen LogP contribution < -0.4 is 0 Å². The first kappa shape index (κ1) is 19.1. The summed E-state index contributed by atoms with van der Waals surface area (Å²) in [7, 11) is -3.19. The number of ether oxygens (including phenoxy) is 1. The molecule has 9 heteroatoms. The molecule has 1 unspecified atom stereocenters. The van der Waals surface area contributed by atoms with Crippen molar-refractivity contribution in [2.24, 2.45) is 5.92 Å². The zero-order chi connectivity index (χ0) is 17.7. The fourth-order valence-corrected chi connectivity index (χ4v) is 4.04. The SMILES string of the molecule is CCOC(=O)C1CCCN(CC(=O)N2CCN(S(C)(=O)=O)CC2)C1. The summed E-state index contributed by atoms with van der Waals surface area (Å²) in [4.78, 5) is 28.0. The smallest absolute Gasteiger partial charge is 0.310 e. The van der Waals surface area contributed by atoms with Gasteiger partial charge in [0, 0.05) is 32.7 Å². The molecule has 0 N–H and O–H groups in total. The Morgan fingerprint density at radius 1 is 1.12 bits per heavy atom. The first-order valence-electron chi connectivity index (χ1n) is 8.43. The van der Waals surface area contributed by atoms with Gasteiger partial charge in [-0.2, -0.15) is 4.31 Å². The van der Waals surface area contributed by atoms with Gasteiger partial charge in [-0.25, -0.2) is 8.42 Å². The van der Waals surface area contributed by atoms with Crippen molar-refractivity contribution >= 4 is 21.9 Å². The molecule has 2 fully saturated rings. The molecule has 2 aliphatic heterocycles. The van der Waals surface area contributed by atoms with Crippen LogP contribution in [0.15, 0.2) is 0 Å². The Morgan fingerprint density at radius 3 is 2.38 bits per heavy atom. The topological polar surface area (TPSA) is 87.2 Å². The van der Waals surface area contributed by atoms with E-state index in [9.17, 15) is 18.0 Å². The van der Waals surface area contributed by atoms with E-state index in [0.29, 0.717) is 39.3 Å². The van der Waals surface area contributed by atoms with E-state index in [1.165, 1.54) is 10.6 Å². The Morgan fingerprint density at radius 2 is 1.79 bits per heavy atom. The van der Waals surface area contributed by atoms with Gasteiger partial charge in [0.2, 0.25) is 15.9 Å². The number of piperazine rings is 1. The van der Waals surface area contributed by atoms with Crippen LogP contribution in [0.1, 0.15) is 19.8 Å². The third kappa shape index (κ3) is 5.15. The van der Waals surface area contributed by atoms with Gasteiger partial charge in [-0.15, -0.1) is 0 Å². The normalized spacial score (nSPS) is 23.9. The van der Waals surface area contributed by atoms with Gasteiger partial charge in [0.1, 0.15) is 0 Å². The van der Waals surface area contributed by atoms with Crippen molar-refractivity contribution in [2.75, 3.05) is 58.7 Å². The van der Waals surface area contributed by atoms with Crippen molar-refractivity contribution in [3.63, 3.8) is 0 Å². The molecule has 24 heavy (non-hydrogen) atoms. The van der Waals surface area contributed by atoms with Crippen molar-refractivity contribution in [1.82, 2.24) is 14.1 Å². The molecule has 0 spiro atoms. The second-order valence-corrected chi connectivity index (χ2v) is 8.35. The van der Waals surface area contributed by atoms with Crippen LogP contribution in [0.5, 0.6) is 0 Å². The highest BCUT2D eigenvalue weighted by molar-refractivity contribution is 7.88. The van der Waals surface area contributed by atoms with E-state index in [1.807, 2.05) is 4.90 Å². The fraction of sp³-hybridized carbons (Fsp3) is 0.867. The van der Waals surface area contributed by atoms with E-state index in [0.717, 1.165) is 19.4 Å². The van der Waals surface area contributed by atoms with Crippen molar-refractivity contribution in [1.29, 1.82) is 0 Å². The van der Waals surface area contributed by atoms with Gasteiger partial charge in [-0.3, -0.25) is 14.5 Å². The van der Waals surface area contributed by atoms with E-state index >= 15 is 0 Å². The Bertz CT molecular complexity index is 557. The highest BCUT2D eigenvalue weighted by Gasteiger charge is 2.30. The van der Waals surface area contributed by atoms with Crippen molar-refractivity contribution in [2.45, 2.75) is 19.8 Å². The number of rotatable bonds is 5. The molecule has 0 saturated carbocycles. The number of amides is 1. The standard InChI is InChI=1S/C15H27N3O5S/c1-3-23-15(20)13-5-4-6-16(11-13)12-14(19)17-7-9-18(10-8-17)24(2,21)22/h13H,3-12H2,1-2H3. The number of carbonyl (C=O) groups excluding carboxylic acids is 2. The van der Waals surface area contributed by atoms with E-state index < -0.39 is 10.0 Å². The number of piperidine rings is 1. The van der Waals surface area contributed by atoms with Gasteiger partial charge in [0.15, 0.2) is 0 Å². The molecule has 1 amide bonds. The molecular formula is C15H27N3O5S. The second kappa shape index (κ2) is 8.26. The molecule has 2 heterocycles. The summed E-state index contributed by atoms with van der Waals surface area (Å²) in [5, 5.41) is 0. The molecule has 0 radical (unpaired) electrons. The van der Waals surface area contributed by atoms with Crippen LogP contribution in [-0.4, -0.2) is 93.1 Å². The molecule has 0 aromatic heterocycles. The predicted molar refractivity (Wildman–Crippen MR) is 88.8 cm³/mol. The van der Waals surface area contributed by atoms with Gasteiger partial charge in [0.05, 0.1) is 25.3 Å². The van der Waals surface area contributed by atoms with Gasteiger partial charge >= 0.3 is 5.97 Å². The van der Waals surface area contributed by atoms with Crippen LogP contribution in [0.3, 0.4) is 0 Å². The van der Waals surface area contributed by atoms with Crippen LogP contribution in [0.2, 0.25) is 0 Å². The van der Waals surface area contributed by atoms with Crippen LogP contribution in [0, 0.1) is 5.92 Å². The first-order valence-corrected chi connectivity index (χ1v) is 10.3. The molecule has 2 aliphatic rings. The minimum atomic E-state index is -3.19. The summed E-state index contributed by atoms with van der Waals surface area (Å²) in [6.07, 6.45) is 2.86. The third-order valence-corrected chi connectivity index (χ3v) is 5.85. The number of nitrogens with zero attached hydrogens (tertiary/aromatic N) is 3. The van der Waals surface area contributed by atoms with Crippen LogP contribution >= 0.6 is 0 Å². The third-order valence-electron chi connectivity index (χ3n) is 4.54. The molecule has 0 aromatic carbocycles. The molecule has 2 rings (SSSR count). The van der Waals surface area contributed by atoms with Crippen molar-refractivity contribution < 1.29 is 22.7 Å². The number of sulfonamides is 1. The first-order chi connectivity index (χ1) is 11.3. The maximum absolute atomic E-state index is 12.4. The average Bonchev–Trinajstić information content (AvgIpc) is 2.54. The molecule has 0 aliphatic carbocycles. The summed E-state index contributed by atoms with van der Waals surface area (Å²) in [6, 6.07) is 0. The number of hydrogen-bond donors (Lipinski definition) is 0. The fourth-order valence-electron chi connectivity index (χ4n) is 3.21. The van der Waals surface area contributed by atoms with Crippen LogP contribution in [0.25, 0.3) is 0 Å². The van der Waals surface area contributed by atoms with Crippen molar-refractivity contribution in [3.8, 4) is 0 Å². The maximum atomic E-state index is 12.4. The van der Waals surface area contributed by atoms with Gasteiger partial charge in [0.25, 0.3) is 0 Å². The van der Waals surface area contributed by atoms with Crippen LogP contribution in [-0.2, 0) is 24.3 Å². The maximum Gasteiger partial charge on any atom is 0.310 e. The molecule has 138 valence electrons. The predicted octanol–water partition coefficient (Wildman–Crippen LogP) is -0.635. The van der Waals surface area contributed by atoms with Gasteiger partial charge in [-0.1, -0.05) is 0 Å². The van der Waals surface area contributed by atoms with E-state index in [1.54, 1.807) is 11.8 Å². The molecule has 1 atom stereocenters. The quantitative estimate of drug-likeness (QED) is 0.606. The molecule has 0 aromatic rings. The second-order valence-electron chi connectivity index (χ2n) is 6.37. The number of esters is 1. The van der Waals surface area contributed by atoms with Gasteiger partial charge in [-0.05, 0) is 26.3 Å². The lowest BCUT2D eigenvalue weighted by Gasteiger charge is -2.36.